The van der Waals surface area contributed by atoms with Crippen molar-refractivity contribution in [3.05, 3.63) is 29.0 Å². The van der Waals surface area contributed by atoms with Gasteiger partial charge in [-0.1, -0.05) is 11.6 Å². The number of rotatable bonds is 2. The molecule has 3 N–H and O–H groups in total. The van der Waals surface area contributed by atoms with Crippen LogP contribution in [-0.4, -0.2) is 26.3 Å². The van der Waals surface area contributed by atoms with E-state index in [1.54, 1.807) is 0 Å². The van der Waals surface area contributed by atoms with Gasteiger partial charge in [-0.15, -0.1) is 0 Å². The molecule has 0 atom stereocenters. The van der Waals surface area contributed by atoms with Crippen molar-refractivity contribution in [2.45, 2.75) is 25.3 Å². The Morgan fingerprint density at radius 2 is 2.13 bits per heavy atom. The van der Waals surface area contributed by atoms with Crippen LogP contribution in [0.25, 0.3) is 22.3 Å². The summed E-state index contributed by atoms with van der Waals surface area (Å²) in [5, 5.41) is 9.69. The van der Waals surface area contributed by atoms with Crippen molar-refractivity contribution in [1.29, 1.82) is 0 Å². The van der Waals surface area contributed by atoms with Crippen LogP contribution >= 0.6 is 11.6 Å². The quantitative estimate of drug-likeness (QED) is 0.756. The Morgan fingerprint density at radius 1 is 1.26 bits per heavy atom. The van der Waals surface area contributed by atoms with Crippen LogP contribution in [-0.2, 0) is 6.42 Å². The van der Waals surface area contributed by atoms with Crippen molar-refractivity contribution in [2.75, 3.05) is 17.6 Å². The molecular weight excluding hydrogens is 312 g/mol. The van der Waals surface area contributed by atoms with E-state index < -0.39 is 0 Å². The molecule has 6 nitrogen and oxygen atoms in total. The zero-order chi connectivity index (χ0) is 15.6. The normalized spacial score (nSPS) is 16.6. The SMILES string of the molecule is Nc1ncnc2c1c(-c1ccc3c(c1Cl)CCN3)nn2C1CC1. The van der Waals surface area contributed by atoms with Gasteiger partial charge in [0, 0.05) is 17.8 Å². The second kappa shape index (κ2) is 4.58. The molecule has 0 spiro atoms. The Kier molecular flexibility index (Phi) is 2.61. The number of hydrogen-bond acceptors (Lipinski definition) is 5. The highest BCUT2D eigenvalue weighted by molar-refractivity contribution is 6.35. The molecule has 7 heteroatoms. The molecular formula is C16H15ClN6. The Morgan fingerprint density at radius 3 is 2.96 bits per heavy atom. The molecule has 3 aromatic rings. The van der Waals surface area contributed by atoms with Crippen LogP contribution in [0.1, 0.15) is 24.4 Å². The first-order chi connectivity index (χ1) is 11.2. The topological polar surface area (TPSA) is 81.7 Å². The molecule has 2 aliphatic rings. The molecule has 1 saturated carbocycles. The van der Waals surface area contributed by atoms with Crippen LogP contribution in [0.5, 0.6) is 0 Å². The van der Waals surface area contributed by atoms with Crippen LogP contribution in [0.3, 0.4) is 0 Å². The molecule has 0 amide bonds. The predicted molar refractivity (Wildman–Crippen MR) is 90.6 cm³/mol. The summed E-state index contributed by atoms with van der Waals surface area (Å²) >= 11 is 6.68. The summed E-state index contributed by atoms with van der Waals surface area (Å²) in [5.41, 5.74) is 10.9. The summed E-state index contributed by atoms with van der Waals surface area (Å²) in [6.45, 7) is 0.918. The van der Waals surface area contributed by atoms with Crippen LogP contribution in [0.15, 0.2) is 18.5 Å². The van der Waals surface area contributed by atoms with E-state index >= 15 is 0 Å². The van der Waals surface area contributed by atoms with Gasteiger partial charge >= 0.3 is 0 Å². The fourth-order valence-corrected chi connectivity index (χ4v) is 3.64. The molecule has 0 saturated heterocycles. The second-order valence-corrected chi connectivity index (χ2v) is 6.49. The third kappa shape index (κ3) is 1.84. The highest BCUT2D eigenvalue weighted by Gasteiger charge is 2.30. The lowest BCUT2D eigenvalue weighted by molar-refractivity contribution is 0.660. The predicted octanol–water partition coefficient (Wildman–Crippen LogP) is 3.03. The van der Waals surface area contributed by atoms with Crippen molar-refractivity contribution in [1.82, 2.24) is 19.7 Å². The van der Waals surface area contributed by atoms with Crippen LogP contribution in [0.4, 0.5) is 11.5 Å². The zero-order valence-corrected chi connectivity index (χ0v) is 13.1. The summed E-state index contributed by atoms with van der Waals surface area (Å²) in [4.78, 5) is 8.55. The molecule has 2 aromatic heterocycles. The van der Waals surface area contributed by atoms with Crippen molar-refractivity contribution >= 4 is 34.1 Å². The fourth-order valence-electron chi connectivity index (χ4n) is 3.29. The monoisotopic (exact) mass is 326 g/mol. The summed E-state index contributed by atoms with van der Waals surface area (Å²) in [6, 6.07) is 4.48. The summed E-state index contributed by atoms with van der Waals surface area (Å²) in [6.07, 6.45) is 4.68. The molecule has 5 rings (SSSR count). The molecule has 1 aliphatic carbocycles. The number of aromatic nitrogens is 4. The maximum absolute atomic E-state index is 6.68. The minimum atomic E-state index is 0.412. The number of nitrogens with one attached hydrogen (secondary N) is 1. The second-order valence-electron chi connectivity index (χ2n) is 6.11. The van der Waals surface area contributed by atoms with Crippen molar-refractivity contribution in [3.8, 4) is 11.3 Å². The highest BCUT2D eigenvalue weighted by Crippen LogP contribution is 2.43. The van der Waals surface area contributed by atoms with Gasteiger partial charge in [0.2, 0.25) is 0 Å². The molecule has 0 unspecified atom stereocenters. The molecule has 1 aliphatic heterocycles. The lowest BCUT2D eigenvalue weighted by Gasteiger charge is -2.07. The molecule has 0 bridgehead atoms. The lowest BCUT2D eigenvalue weighted by atomic mass is 10.0. The van der Waals surface area contributed by atoms with Gasteiger partial charge in [-0.3, -0.25) is 0 Å². The third-order valence-electron chi connectivity index (χ3n) is 4.60. The van der Waals surface area contributed by atoms with Gasteiger partial charge in [-0.25, -0.2) is 14.6 Å². The van der Waals surface area contributed by atoms with Gasteiger partial charge in [-0.05, 0) is 37.0 Å². The van der Waals surface area contributed by atoms with E-state index in [0.717, 1.165) is 64.4 Å². The van der Waals surface area contributed by atoms with Crippen molar-refractivity contribution in [3.63, 3.8) is 0 Å². The smallest absolute Gasteiger partial charge is 0.164 e. The lowest BCUT2D eigenvalue weighted by Crippen LogP contribution is -1.98. The van der Waals surface area contributed by atoms with Crippen molar-refractivity contribution < 1.29 is 0 Å². The number of benzene rings is 1. The van der Waals surface area contributed by atoms with Gasteiger partial charge in [0.25, 0.3) is 0 Å². The van der Waals surface area contributed by atoms with E-state index in [9.17, 15) is 0 Å². The number of fused-ring (bicyclic) bond motifs is 2. The number of halogens is 1. The van der Waals surface area contributed by atoms with Crippen molar-refractivity contribution in [2.24, 2.45) is 0 Å². The Labute approximate surface area is 137 Å². The Hall–Kier alpha value is -2.34. The highest BCUT2D eigenvalue weighted by atomic mass is 35.5. The molecule has 23 heavy (non-hydrogen) atoms. The van der Waals surface area contributed by atoms with Gasteiger partial charge in [0.05, 0.1) is 16.5 Å². The largest absolute Gasteiger partial charge is 0.384 e. The zero-order valence-electron chi connectivity index (χ0n) is 12.4. The molecule has 116 valence electrons. The average Bonchev–Trinajstić information content (AvgIpc) is 3.14. The first kappa shape index (κ1) is 13.1. The Balaban J connectivity index is 1.81. The first-order valence-corrected chi connectivity index (χ1v) is 8.16. The van der Waals surface area contributed by atoms with E-state index in [4.69, 9.17) is 22.4 Å². The fraction of sp³-hybridized carbons (Fsp3) is 0.312. The minimum absolute atomic E-state index is 0.412. The van der Waals surface area contributed by atoms with Crippen LogP contribution in [0, 0.1) is 0 Å². The summed E-state index contributed by atoms with van der Waals surface area (Å²) < 4.78 is 1.98. The van der Waals surface area contributed by atoms with Crippen LogP contribution in [0.2, 0.25) is 5.02 Å². The van der Waals surface area contributed by atoms with E-state index in [1.807, 2.05) is 10.7 Å². The number of nitrogen functional groups attached to an aromatic ring is 1. The summed E-state index contributed by atoms with van der Waals surface area (Å²) in [5.74, 6) is 0.451. The first-order valence-electron chi connectivity index (χ1n) is 7.78. The molecule has 1 fully saturated rings. The molecule has 1 aromatic carbocycles. The molecule has 3 heterocycles. The maximum Gasteiger partial charge on any atom is 0.164 e. The van der Waals surface area contributed by atoms with E-state index in [1.165, 1.54) is 6.33 Å². The van der Waals surface area contributed by atoms with Gasteiger partial charge in [-0.2, -0.15) is 5.10 Å². The van der Waals surface area contributed by atoms with E-state index in [2.05, 4.69) is 21.4 Å². The standard InChI is InChI=1S/C16H15ClN6/c17-13-9-5-6-19-11(9)4-3-10(13)14-12-15(18)20-7-21-16(12)23(22-14)8-1-2-8/h3-4,7-8,19H,1-2,5-6H2,(H2,18,20,21). The minimum Gasteiger partial charge on any atom is -0.384 e. The average molecular weight is 327 g/mol. The maximum atomic E-state index is 6.68. The number of anilines is 2. The van der Waals surface area contributed by atoms with E-state index in [0.29, 0.717) is 11.9 Å². The van der Waals surface area contributed by atoms with Gasteiger partial charge in [0.15, 0.2) is 5.65 Å². The van der Waals surface area contributed by atoms with E-state index in [-0.39, 0.29) is 0 Å². The number of nitrogens with zero attached hydrogens (tertiary/aromatic N) is 4. The molecule has 0 radical (unpaired) electrons. The number of hydrogen-bond donors (Lipinski definition) is 2. The van der Waals surface area contributed by atoms with Gasteiger partial charge in [0.1, 0.15) is 17.8 Å². The Bertz CT molecular complexity index is 943. The summed E-state index contributed by atoms with van der Waals surface area (Å²) in [7, 11) is 0. The van der Waals surface area contributed by atoms with Crippen LogP contribution < -0.4 is 11.1 Å². The van der Waals surface area contributed by atoms with Gasteiger partial charge < -0.3 is 11.1 Å². The number of nitrogens with two attached hydrogens (primary N) is 1. The third-order valence-corrected chi connectivity index (χ3v) is 5.03.